The number of likely N-dealkylation sites (tertiary alicyclic amines) is 1. The van der Waals surface area contributed by atoms with Gasteiger partial charge in [0.05, 0.1) is 12.6 Å². The third-order valence-electron chi connectivity index (χ3n) is 4.31. The van der Waals surface area contributed by atoms with E-state index in [9.17, 15) is 13.2 Å². The molecule has 9 heteroatoms. The standard InChI is InChI=1S/C14H15F3N6/c15-14(16,17)7-22-6-2-1-3-10(22)11-12-9-4-5-18-13(9)19-8-23(12)21-20-11/h4-5,8,10,18H,1-3,6-7H2. The van der Waals surface area contributed by atoms with Gasteiger partial charge in [0.2, 0.25) is 0 Å². The number of hydrogen-bond donors (Lipinski definition) is 1. The number of nitrogens with zero attached hydrogens (tertiary/aromatic N) is 5. The molecule has 3 aromatic rings. The second-order valence-corrected chi connectivity index (χ2v) is 5.85. The van der Waals surface area contributed by atoms with Crippen LogP contribution in [0.3, 0.4) is 0 Å². The lowest BCUT2D eigenvalue weighted by Crippen LogP contribution is -2.40. The van der Waals surface area contributed by atoms with Gasteiger partial charge in [-0.05, 0) is 25.5 Å². The molecule has 0 amide bonds. The van der Waals surface area contributed by atoms with E-state index in [4.69, 9.17) is 0 Å². The van der Waals surface area contributed by atoms with Gasteiger partial charge in [0, 0.05) is 11.6 Å². The van der Waals surface area contributed by atoms with Gasteiger partial charge in [0.1, 0.15) is 23.2 Å². The zero-order valence-electron chi connectivity index (χ0n) is 12.2. The maximum Gasteiger partial charge on any atom is 0.401 e. The highest BCUT2D eigenvalue weighted by molar-refractivity contribution is 5.92. The number of aromatic nitrogens is 5. The van der Waals surface area contributed by atoms with Crippen LogP contribution >= 0.6 is 0 Å². The summed E-state index contributed by atoms with van der Waals surface area (Å²) in [5.41, 5.74) is 2.01. The fourth-order valence-corrected chi connectivity index (χ4v) is 3.36. The van der Waals surface area contributed by atoms with Crippen molar-refractivity contribution < 1.29 is 13.2 Å². The molecule has 1 N–H and O–H groups in total. The van der Waals surface area contributed by atoms with Crippen LogP contribution in [0.1, 0.15) is 31.0 Å². The van der Waals surface area contributed by atoms with E-state index in [0.29, 0.717) is 24.3 Å². The highest BCUT2D eigenvalue weighted by atomic mass is 19.4. The van der Waals surface area contributed by atoms with E-state index in [0.717, 1.165) is 23.7 Å². The first-order chi connectivity index (χ1) is 11.0. The lowest BCUT2D eigenvalue weighted by atomic mass is 9.98. The molecule has 23 heavy (non-hydrogen) atoms. The van der Waals surface area contributed by atoms with Crippen molar-refractivity contribution in [3.05, 3.63) is 24.3 Å². The number of alkyl halides is 3. The van der Waals surface area contributed by atoms with E-state index in [1.54, 1.807) is 6.20 Å². The Hall–Kier alpha value is -2.16. The van der Waals surface area contributed by atoms with Gasteiger partial charge < -0.3 is 4.98 Å². The smallest absolute Gasteiger partial charge is 0.346 e. The van der Waals surface area contributed by atoms with Crippen LogP contribution in [0.15, 0.2) is 18.6 Å². The van der Waals surface area contributed by atoms with Gasteiger partial charge in [0.25, 0.3) is 0 Å². The second kappa shape index (κ2) is 5.19. The Labute approximate surface area is 129 Å². The minimum atomic E-state index is -4.22. The van der Waals surface area contributed by atoms with Crippen LogP contribution in [-0.4, -0.2) is 49.0 Å². The van der Waals surface area contributed by atoms with Gasteiger partial charge in [0.15, 0.2) is 0 Å². The molecule has 4 heterocycles. The number of hydrogen-bond acceptors (Lipinski definition) is 4. The first kappa shape index (κ1) is 14.4. The summed E-state index contributed by atoms with van der Waals surface area (Å²) >= 11 is 0. The van der Waals surface area contributed by atoms with Crippen molar-refractivity contribution in [3.8, 4) is 0 Å². The molecular formula is C14H15F3N6. The summed E-state index contributed by atoms with van der Waals surface area (Å²) in [7, 11) is 0. The van der Waals surface area contributed by atoms with Crippen molar-refractivity contribution in [2.45, 2.75) is 31.5 Å². The van der Waals surface area contributed by atoms with Crippen molar-refractivity contribution >= 4 is 16.6 Å². The molecule has 6 nitrogen and oxygen atoms in total. The Morgan fingerprint density at radius 1 is 1.30 bits per heavy atom. The van der Waals surface area contributed by atoms with Crippen LogP contribution in [0.2, 0.25) is 0 Å². The molecule has 0 aromatic carbocycles. The summed E-state index contributed by atoms with van der Waals surface area (Å²) in [6, 6.07) is 1.48. The van der Waals surface area contributed by atoms with Gasteiger partial charge in [-0.1, -0.05) is 11.6 Å². The zero-order valence-corrected chi connectivity index (χ0v) is 12.2. The largest absolute Gasteiger partial charge is 0.401 e. The van der Waals surface area contributed by atoms with E-state index < -0.39 is 12.7 Å². The Kier molecular flexibility index (Phi) is 3.26. The number of halogens is 3. The zero-order chi connectivity index (χ0) is 16.0. The van der Waals surface area contributed by atoms with Gasteiger partial charge in [-0.25, -0.2) is 9.50 Å². The second-order valence-electron chi connectivity index (χ2n) is 5.85. The average Bonchev–Trinajstić information content (AvgIpc) is 3.11. The molecule has 1 saturated heterocycles. The SMILES string of the molecule is FC(F)(F)CN1CCCCC1c1nnn2cnc3[nH]ccc3c12. The summed E-state index contributed by atoms with van der Waals surface area (Å²) in [5.74, 6) is 0. The molecule has 1 aliphatic rings. The molecule has 1 unspecified atom stereocenters. The summed E-state index contributed by atoms with van der Waals surface area (Å²) in [5, 5.41) is 9.04. The van der Waals surface area contributed by atoms with Gasteiger partial charge in [-0.2, -0.15) is 13.2 Å². The Balaban J connectivity index is 1.81. The van der Waals surface area contributed by atoms with Crippen molar-refractivity contribution in [1.29, 1.82) is 0 Å². The first-order valence-electron chi connectivity index (χ1n) is 7.51. The predicted molar refractivity (Wildman–Crippen MR) is 76.9 cm³/mol. The average molecular weight is 324 g/mol. The summed E-state index contributed by atoms with van der Waals surface area (Å²) < 4.78 is 40.2. The lowest BCUT2D eigenvalue weighted by molar-refractivity contribution is -0.154. The number of fused-ring (bicyclic) bond motifs is 3. The molecule has 1 atom stereocenters. The van der Waals surface area contributed by atoms with Crippen LogP contribution in [-0.2, 0) is 0 Å². The van der Waals surface area contributed by atoms with Crippen LogP contribution in [0.4, 0.5) is 13.2 Å². The van der Waals surface area contributed by atoms with Gasteiger partial charge in [-0.3, -0.25) is 4.90 Å². The van der Waals surface area contributed by atoms with Crippen molar-refractivity contribution in [1.82, 2.24) is 29.7 Å². The molecular weight excluding hydrogens is 309 g/mol. The minimum absolute atomic E-state index is 0.372. The Bertz CT molecular complexity index is 836. The Morgan fingerprint density at radius 2 is 2.17 bits per heavy atom. The van der Waals surface area contributed by atoms with Crippen LogP contribution in [0, 0.1) is 0 Å². The lowest BCUT2D eigenvalue weighted by Gasteiger charge is -2.35. The molecule has 0 spiro atoms. The van der Waals surface area contributed by atoms with Gasteiger partial charge >= 0.3 is 6.18 Å². The van der Waals surface area contributed by atoms with E-state index in [2.05, 4.69) is 20.3 Å². The van der Waals surface area contributed by atoms with Crippen LogP contribution in [0.5, 0.6) is 0 Å². The van der Waals surface area contributed by atoms with Gasteiger partial charge in [-0.15, -0.1) is 5.10 Å². The molecule has 0 aliphatic carbocycles. The topological polar surface area (TPSA) is 62.1 Å². The van der Waals surface area contributed by atoms with E-state index in [-0.39, 0.29) is 6.04 Å². The van der Waals surface area contributed by atoms with Crippen LogP contribution in [0.25, 0.3) is 16.6 Å². The fraction of sp³-hybridized carbons (Fsp3) is 0.500. The normalized spacial score (nSPS) is 20.6. The monoisotopic (exact) mass is 324 g/mol. The maximum absolute atomic E-state index is 12.9. The summed E-state index contributed by atoms with van der Waals surface area (Å²) in [6.07, 6.45) is 1.37. The minimum Gasteiger partial charge on any atom is -0.346 e. The van der Waals surface area contributed by atoms with Crippen molar-refractivity contribution in [2.75, 3.05) is 13.1 Å². The summed E-state index contributed by atoms with van der Waals surface area (Å²) in [6.45, 7) is -0.497. The van der Waals surface area contributed by atoms with E-state index in [1.165, 1.54) is 15.7 Å². The molecule has 3 aromatic heterocycles. The summed E-state index contributed by atoms with van der Waals surface area (Å²) in [4.78, 5) is 8.69. The Morgan fingerprint density at radius 3 is 3.00 bits per heavy atom. The van der Waals surface area contributed by atoms with Crippen molar-refractivity contribution in [2.24, 2.45) is 0 Å². The maximum atomic E-state index is 12.9. The molecule has 4 rings (SSSR count). The molecule has 122 valence electrons. The van der Waals surface area contributed by atoms with Crippen molar-refractivity contribution in [3.63, 3.8) is 0 Å². The first-order valence-corrected chi connectivity index (χ1v) is 7.51. The molecule has 1 aliphatic heterocycles. The number of piperidine rings is 1. The third kappa shape index (κ3) is 2.54. The number of rotatable bonds is 2. The molecule has 1 fully saturated rings. The number of aromatic amines is 1. The highest BCUT2D eigenvalue weighted by Crippen LogP contribution is 2.35. The van der Waals surface area contributed by atoms with Crippen LogP contribution < -0.4 is 0 Å². The predicted octanol–water partition coefficient (Wildman–Crippen LogP) is 2.69. The van der Waals surface area contributed by atoms with E-state index in [1.807, 2.05) is 6.07 Å². The highest BCUT2D eigenvalue weighted by Gasteiger charge is 2.37. The number of nitrogens with one attached hydrogen (secondary N) is 1. The number of H-pyrrole nitrogens is 1. The third-order valence-corrected chi connectivity index (χ3v) is 4.31. The quantitative estimate of drug-likeness (QED) is 0.787. The molecule has 0 radical (unpaired) electrons. The molecule has 0 bridgehead atoms. The fourth-order valence-electron chi connectivity index (χ4n) is 3.36. The molecule has 0 saturated carbocycles. The van der Waals surface area contributed by atoms with E-state index >= 15 is 0 Å².